The van der Waals surface area contributed by atoms with Crippen LogP contribution in [0.25, 0.3) is 11.4 Å². The zero-order valence-corrected chi connectivity index (χ0v) is 11.4. The topological polar surface area (TPSA) is 92.3 Å². The van der Waals surface area contributed by atoms with Gasteiger partial charge in [0.15, 0.2) is 0 Å². The SMILES string of the molecule is COc1ccc(Br)cc1-c1ncc(C(=O)O)c(=O)[nH]1. The lowest BCUT2D eigenvalue weighted by Crippen LogP contribution is -2.18. The van der Waals surface area contributed by atoms with Crippen molar-refractivity contribution < 1.29 is 14.6 Å². The number of hydrogen-bond acceptors (Lipinski definition) is 4. The van der Waals surface area contributed by atoms with E-state index < -0.39 is 17.1 Å². The first-order valence-corrected chi connectivity index (χ1v) is 5.98. The maximum Gasteiger partial charge on any atom is 0.342 e. The molecule has 7 heteroatoms. The molecule has 0 amide bonds. The lowest BCUT2D eigenvalue weighted by Gasteiger charge is -2.08. The number of hydrogen-bond donors (Lipinski definition) is 2. The van der Waals surface area contributed by atoms with Gasteiger partial charge in [0, 0.05) is 10.7 Å². The van der Waals surface area contributed by atoms with Crippen LogP contribution in [-0.4, -0.2) is 28.2 Å². The van der Waals surface area contributed by atoms with Crippen molar-refractivity contribution in [2.75, 3.05) is 7.11 Å². The molecule has 0 spiro atoms. The highest BCUT2D eigenvalue weighted by molar-refractivity contribution is 9.10. The monoisotopic (exact) mass is 324 g/mol. The van der Waals surface area contributed by atoms with Crippen molar-refractivity contribution in [3.8, 4) is 17.1 Å². The van der Waals surface area contributed by atoms with Crippen molar-refractivity contribution in [3.05, 3.63) is 44.8 Å². The smallest absolute Gasteiger partial charge is 0.342 e. The Morgan fingerprint density at radius 2 is 2.21 bits per heavy atom. The minimum atomic E-state index is -1.32. The first-order chi connectivity index (χ1) is 9.02. The van der Waals surface area contributed by atoms with Crippen molar-refractivity contribution in [2.45, 2.75) is 0 Å². The highest BCUT2D eigenvalue weighted by atomic mass is 79.9. The summed E-state index contributed by atoms with van der Waals surface area (Å²) in [7, 11) is 1.50. The normalized spacial score (nSPS) is 10.2. The highest BCUT2D eigenvalue weighted by Crippen LogP contribution is 2.29. The number of H-pyrrole nitrogens is 1. The number of benzene rings is 1. The van der Waals surface area contributed by atoms with E-state index in [1.807, 2.05) is 0 Å². The van der Waals surface area contributed by atoms with Gasteiger partial charge in [-0.25, -0.2) is 9.78 Å². The van der Waals surface area contributed by atoms with Crippen molar-refractivity contribution in [2.24, 2.45) is 0 Å². The molecule has 2 rings (SSSR count). The number of carbonyl (C=O) groups is 1. The maximum atomic E-state index is 11.6. The van der Waals surface area contributed by atoms with Gasteiger partial charge in [-0.2, -0.15) is 0 Å². The third-order valence-corrected chi connectivity index (χ3v) is 2.94. The second-order valence-corrected chi connectivity index (χ2v) is 4.54. The quantitative estimate of drug-likeness (QED) is 0.899. The number of methoxy groups -OCH3 is 1. The molecule has 19 heavy (non-hydrogen) atoms. The zero-order chi connectivity index (χ0) is 14.0. The maximum absolute atomic E-state index is 11.6. The van der Waals surface area contributed by atoms with Gasteiger partial charge in [0.05, 0.1) is 12.7 Å². The van der Waals surface area contributed by atoms with Gasteiger partial charge in [-0.05, 0) is 18.2 Å². The van der Waals surface area contributed by atoms with Crippen LogP contribution in [0.3, 0.4) is 0 Å². The van der Waals surface area contributed by atoms with E-state index in [1.54, 1.807) is 18.2 Å². The van der Waals surface area contributed by atoms with Crippen LogP contribution in [0.4, 0.5) is 0 Å². The molecule has 0 atom stereocenters. The van der Waals surface area contributed by atoms with Crippen LogP contribution in [0.15, 0.2) is 33.7 Å². The molecule has 1 heterocycles. The molecule has 0 bridgehead atoms. The predicted octanol–water partition coefficient (Wildman–Crippen LogP) is 1.91. The molecular weight excluding hydrogens is 316 g/mol. The van der Waals surface area contributed by atoms with Gasteiger partial charge < -0.3 is 14.8 Å². The fourth-order valence-corrected chi connectivity index (χ4v) is 1.91. The number of carboxylic acids is 1. The molecule has 2 aromatic rings. The molecule has 0 fully saturated rings. The van der Waals surface area contributed by atoms with Crippen LogP contribution in [0.1, 0.15) is 10.4 Å². The van der Waals surface area contributed by atoms with E-state index >= 15 is 0 Å². The van der Waals surface area contributed by atoms with Gasteiger partial charge in [-0.3, -0.25) is 4.79 Å². The summed E-state index contributed by atoms with van der Waals surface area (Å²) in [5.41, 5.74) is -0.553. The Kier molecular flexibility index (Phi) is 3.66. The number of nitrogens with one attached hydrogen (secondary N) is 1. The standard InChI is InChI=1S/C12H9BrN2O4/c1-19-9-3-2-6(13)4-7(9)10-14-5-8(12(17)18)11(16)15-10/h2-5H,1H3,(H,17,18)(H,14,15,16). The number of aromatic nitrogens is 2. The van der Waals surface area contributed by atoms with E-state index in [0.717, 1.165) is 10.7 Å². The molecule has 0 radical (unpaired) electrons. The van der Waals surface area contributed by atoms with Crippen LogP contribution in [0.2, 0.25) is 0 Å². The van der Waals surface area contributed by atoms with Gasteiger partial charge in [-0.1, -0.05) is 15.9 Å². The van der Waals surface area contributed by atoms with Crippen LogP contribution >= 0.6 is 15.9 Å². The number of ether oxygens (including phenoxy) is 1. The Hall–Kier alpha value is -2.15. The molecule has 6 nitrogen and oxygen atoms in total. The van der Waals surface area contributed by atoms with E-state index in [-0.39, 0.29) is 5.82 Å². The molecule has 1 aromatic heterocycles. The van der Waals surface area contributed by atoms with Gasteiger partial charge in [0.25, 0.3) is 5.56 Å². The number of aromatic carboxylic acids is 1. The van der Waals surface area contributed by atoms with Gasteiger partial charge >= 0.3 is 5.97 Å². The lowest BCUT2D eigenvalue weighted by atomic mass is 10.2. The van der Waals surface area contributed by atoms with Crippen LogP contribution in [-0.2, 0) is 0 Å². The molecule has 0 saturated heterocycles. The summed E-state index contributed by atoms with van der Waals surface area (Å²) in [6.07, 6.45) is 1.02. The summed E-state index contributed by atoms with van der Waals surface area (Å²) in [5, 5.41) is 8.78. The molecule has 0 saturated carbocycles. The molecule has 0 aliphatic carbocycles. The van der Waals surface area contributed by atoms with E-state index in [1.165, 1.54) is 7.11 Å². The third-order valence-electron chi connectivity index (χ3n) is 2.45. The average Bonchev–Trinajstić information content (AvgIpc) is 2.38. The van der Waals surface area contributed by atoms with E-state index in [4.69, 9.17) is 9.84 Å². The van der Waals surface area contributed by atoms with Crippen molar-refractivity contribution in [1.29, 1.82) is 0 Å². The van der Waals surface area contributed by atoms with E-state index in [9.17, 15) is 9.59 Å². The van der Waals surface area contributed by atoms with E-state index in [0.29, 0.717) is 11.3 Å². The van der Waals surface area contributed by atoms with Crippen molar-refractivity contribution in [3.63, 3.8) is 0 Å². The minimum absolute atomic E-state index is 0.244. The predicted molar refractivity (Wildman–Crippen MR) is 71.5 cm³/mol. The second kappa shape index (κ2) is 5.23. The van der Waals surface area contributed by atoms with Crippen LogP contribution in [0, 0.1) is 0 Å². The molecule has 0 aliphatic rings. The number of nitrogens with zero attached hydrogens (tertiary/aromatic N) is 1. The Balaban J connectivity index is 2.60. The zero-order valence-electron chi connectivity index (χ0n) is 9.81. The first-order valence-electron chi connectivity index (χ1n) is 5.19. The van der Waals surface area contributed by atoms with Gasteiger partial charge in [0.2, 0.25) is 0 Å². The average molecular weight is 325 g/mol. The number of rotatable bonds is 3. The van der Waals surface area contributed by atoms with Crippen molar-refractivity contribution in [1.82, 2.24) is 9.97 Å². The molecule has 0 unspecified atom stereocenters. The molecule has 0 aliphatic heterocycles. The Labute approximate surface area is 116 Å². The Morgan fingerprint density at radius 3 is 2.79 bits per heavy atom. The second-order valence-electron chi connectivity index (χ2n) is 3.62. The Bertz CT molecular complexity index is 696. The fraction of sp³-hybridized carbons (Fsp3) is 0.0833. The highest BCUT2D eigenvalue weighted by Gasteiger charge is 2.13. The lowest BCUT2D eigenvalue weighted by molar-refractivity contribution is 0.0694. The van der Waals surface area contributed by atoms with E-state index in [2.05, 4.69) is 25.9 Å². The number of halogens is 1. The third kappa shape index (κ3) is 2.65. The van der Waals surface area contributed by atoms with Crippen LogP contribution in [0.5, 0.6) is 5.75 Å². The number of aromatic amines is 1. The molecule has 98 valence electrons. The number of carboxylic acid groups (broad SMARTS) is 1. The summed E-state index contributed by atoms with van der Waals surface area (Å²) in [5.74, 6) is -0.552. The summed E-state index contributed by atoms with van der Waals surface area (Å²) in [4.78, 5) is 28.7. The minimum Gasteiger partial charge on any atom is -0.496 e. The summed E-state index contributed by atoms with van der Waals surface area (Å²) >= 11 is 3.31. The molecule has 2 N–H and O–H groups in total. The summed E-state index contributed by atoms with van der Waals surface area (Å²) < 4.78 is 5.96. The summed E-state index contributed by atoms with van der Waals surface area (Å²) in [6, 6.07) is 5.22. The van der Waals surface area contributed by atoms with Gasteiger partial charge in [0.1, 0.15) is 17.1 Å². The van der Waals surface area contributed by atoms with Crippen LogP contribution < -0.4 is 10.3 Å². The van der Waals surface area contributed by atoms with Gasteiger partial charge in [-0.15, -0.1) is 0 Å². The van der Waals surface area contributed by atoms with Crippen molar-refractivity contribution >= 4 is 21.9 Å². The fourth-order valence-electron chi connectivity index (χ4n) is 1.55. The summed E-state index contributed by atoms with van der Waals surface area (Å²) in [6.45, 7) is 0. The molecule has 1 aromatic carbocycles. The Morgan fingerprint density at radius 1 is 1.47 bits per heavy atom. The first kappa shape index (κ1) is 13.3. The molecular formula is C12H9BrN2O4. The largest absolute Gasteiger partial charge is 0.496 e.